The third-order valence-corrected chi connectivity index (χ3v) is 3.99. The second-order valence-electron chi connectivity index (χ2n) is 5.50. The molecule has 1 aromatic carbocycles. The lowest BCUT2D eigenvalue weighted by molar-refractivity contribution is 0.0761. The van der Waals surface area contributed by atoms with Crippen LogP contribution in [0.5, 0.6) is 0 Å². The summed E-state index contributed by atoms with van der Waals surface area (Å²) in [7, 11) is 1.77. The minimum atomic E-state index is -0.510. The predicted molar refractivity (Wildman–Crippen MR) is 77.7 cm³/mol. The van der Waals surface area contributed by atoms with Crippen molar-refractivity contribution in [2.24, 2.45) is 11.8 Å². The summed E-state index contributed by atoms with van der Waals surface area (Å²) in [6.07, 6.45) is 6.11. The molecule has 1 aliphatic carbocycles. The Morgan fingerprint density at radius 3 is 2.75 bits per heavy atom. The molecule has 0 atom stereocenters. The van der Waals surface area contributed by atoms with Gasteiger partial charge in [-0.05, 0) is 30.9 Å². The van der Waals surface area contributed by atoms with Gasteiger partial charge in [-0.25, -0.2) is 4.39 Å². The number of benzene rings is 1. The number of carbonyl (C=O) groups excluding carboxylic acids is 1. The van der Waals surface area contributed by atoms with Gasteiger partial charge in [-0.1, -0.05) is 25.3 Å². The Balaban J connectivity index is 2.08. The Morgan fingerprint density at radius 1 is 1.40 bits per heavy atom. The van der Waals surface area contributed by atoms with Gasteiger partial charge >= 0.3 is 0 Å². The van der Waals surface area contributed by atoms with E-state index in [0.29, 0.717) is 5.92 Å². The minimum absolute atomic E-state index is 0.0630. The van der Waals surface area contributed by atoms with Crippen molar-refractivity contribution in [1.82, 2.24) is 4.90 Å². The fraction of sp³-hybridized carbons (Fsp3) is 0.533. The first-order chi connectivity index (χ1) is 9.63. The van der Waals surface area contributed by atoms with E-state index in [1.165, 1.54) is 44.2 Å². The molecule has 110 valence electrons. The van der Waals surface area contributed by atoms with Crippen molar-refractivity contribution in [3.05, 3.63) is 29.6 Å². The Kier molecular flexibility index (Phi) is 4.95. The molecular weight excluding hydrogens is 257 g/mol. The maximum atomic E-state index is 13.6. The zero-order valence-electron chi connectivity index (χ0n) is 11.9. The molecule has 1 amide bonds. The van der Waals surface area contributed by atoms with Crippen molar-refractivity contribution >= 4 is 11.6 Å². The quantitative estimate of drug-likeness (QED) is 0.658. The maximum absolute atomic E-state index is 13.6. The van der Waals surface area contributed by atoms with E-state index in [1.54, 1.807) is 18.0 Å². The SMILES string of the molecule is CN(CC1CCCCC1)C(=O)c1cccc(F)c1NN. The smallest absolute Gasteiger partial charge is 0.255 e. The second kappa shape index (κ2) is 6.70. The number of nitrogens with two attached hydrogens (primary N) is 1. The Hall–Kier alpha value is -1.62. The van der Waals surface area contributed by atoms with Crippen molar-refractivity contribution in [2.75, 3.05) is 19.0 Å². The zero-order chi connectivity index (χ0) is 14.5. The Morgan fingerprint density at radius 2 is 2.10 bits per heavy atom. The van der Waals surface area contributed by atoms with Crippen LogP contribution in [-0.4, -0.2) is 24.4 Å². The first-order valence-electron chi connectivity index (χ1n) is 7.14. The summed E-state index contributed by atoms with van der Waals surface area (Å²) < 4.78 is 13.6. The van der Waals surface area contributed by atoms with E-state index < -0.39 is 5.82 Å². The standard InChI is InChI=1S/C15H22FN3O/c1-19(10-11-6-3-2-4-7-11)15(20)12-8-5-9-13(16)14(12)18-17/h5,8-9,11,18H,2-4,6-7,10,17H2,1H3. The zero-order valence-corrected chi connectivity index (χ0v) is 11.9. The number of hydrogen-bond donors (Lipinski definition) is 2. The summed E-state index contributed by atoms with van der Waals surface area (Å²) >= 11 is 0. The minimum Gasteiger partial charge on any atom is -0.341 e. The Bertz CT molecular complexity index is 472. The van der Waals surface area contributed by atoms with Crippen molar-refractivity contribution in [2.45, 2.75) is 32.1 Å². The summed E-state index contributed by atoms with van der Waals surface area (Å²) in [4.78, 5) is 14.1. The molecule has 0 spiro atoms. The van der Waals surface area contributed by atoms with Crippen LogP contribution in [0.15, 0.2) is 18.2 Å². The molecule has 1 fully saturated rings. The van der Waals surface area contributed by atoms with Gasteiger partial charge in [0.05, 0.1) is 11.3 Å². The van der Waals surface area contributed by atoms with Gasteiger partial charge in [0.15, 0.2) is 0 Å². The lowest BCUT2D eigenvalue weighted by atomic mass is 9.89. The number of carbonyl (C=O) groups is 1. The number of rotatable bonds is 4. The van der Waals surface area contributed by atoms with Crippen molar-refractivity contribution < 1.29 is 9.18 Å². The molecule has 0 bridgehead atoms. The third kappa shape index (κ3) is 3.28. The van der Waals surface area contributed by atoms with Gasteiger partial charge in [-0.2, -0.15) is 0 Å². The van der Waals surface area contributed by atoms with Gasteiger partial charge in [-0.15, -0.1) is 0 Å². The van der Waals surface area contributed by atoms with E-state index in [9.17, 15) is 9.18 Å². The number of halogens is 1. The van der Waals surface area contributed by atoms with Gasteiger partial charge in [0.2, 0.25) is 0 Å². The summed E-state index contributed by atoms with van der Waals surface area (Å²) in [6.45, 7) is 0.722. The molecule has 20 heavy (non-hydrogen) atoms. The average Bonchev–Trinajstić information content (AvgIpc) is 2.47. The fourth-order valence-electron chi connectivity index (χ4n) is 2.89. The molecule has 0 unspecified atom stereocenters. The predicted octanol–water partition coefficient (Wildman–Crippen LogP) is 2.76. The van der Waals surface area contributed by atoms with Crippen LogP contribution in [-0.2, 0) is 0 Å². The lowest BCUT2D eigenvalue weighted by Crippen LogP contribution is -2.33. The molecule has 1 aliphatic rings. The van der Waals surface area contributed by atoms with Crippen LogP contribution >= 0.6 is 0 Å². The molecule has 0 aromatic heterocycles. The number of anilines is 1. The van der Waals surface area contributed by atoms with Crippen LogP contribution in [0.2, 0.25) is 0 Å². The molecular formula is C15H22FN3O. The number of nitrogen functional groups attached to an aromatic ring is 1. The third-order valence-electron chi connectivity index (χ3n) is 3.99. The van der Waals surface area contributed by atoms with E-state index >= 15 is 0 Å². The van der Waals surface area contributed by atoms with Crippen molar-refractivity contribution in [3.8, 4) is 0 Å². The monoisotopic (exact) mass is 279 g/mol. The van der Waals surface area contributed by atoms with Crippen molar-refractivity contribution in [1.29, 1.82) is 0 Å². The summed E-state index contributed by atoms with van der Waals surface area (Å²) in [5, 5.41) is 0. The number of nitrogens with one attached hydrogen (secondary N) is 1. The maximum Gasteiger partial charge on any atom is 0.255 e. The highest BCUT2D eigenvalue weighted by atomic mass is 19.1. The molecule has 3 N–H and O–H groups in total. The molecule has 5 heteroatoms. The first kappa shape index (κ1) is 14.8. The Labute approximate surface area is 119 Å². The van der Waals surface area contributed by atoms with Crippen LogP contribution in [0.4, 0.5) is 10.1 Å². The number of nitrogens with zero attached hydrogens (tertiary/aromatic N) is 1. The number of para-hydroxylation sites is 1. The number of hydrogen-bond acceptors (Lipinski definition) is 3. The highest BCUT2D eigenvalue weighted by Gasteiger charge is 2.21. The van der Waals surface area contributed by atoms with Crippen LogP contribution in [0.1, 0.15) is 42.5 Å². The topological polar surface area (TPSA) is 58.4 Å². The van der Waals surface area contributed by atoms with Gasteiger partial charge in [-0.3, -0.25) is 10.6 Å². The molecule has 1 saturated carbocycles. The molecule has 1 aromatic rings. The molecule has 0 aliphatic heterocycles. The van der Waals surface area contributed by atoms with E-state index in [0.717, 1.165) is 6.54 Å². The highest BCUT2D eigenvalue weighted by Crippen LogP contribution is 2.25. The van der Waals surface area contributed by atoms with E-state index in [4.69, 9.17) is 5.84 Å². The van der Waals surface area contributed by atoms with Crippen LogP contribution in [0.25, 0.3) is 0 Å². The molecule has 2 rings (SSSR count). The number of amides is 1. The molecule has 0 radical (unpaired) electrons. The summed E-state index contributed by atoms with van der Waals surface area (Å²) in [5.41, 5.74) is 2.63. The lowest BCUT2D eigenvalue weighted by Gasteiger charge is -2.27. The van der Waals surface area contributed by atoms with E-state index in [2.05, 4.69) is 5.43 Å². The van der Waals surface area contributed by atoms with Crippen LogP contribution in [0, 0.1) is 11.7 Å². The van der Waals surface area contributed by atoms with Gasteiger partial charge < -0.3 is 10.3 Å². The molecule has 4 nitrogen and oxygen atoms in total. The van der Waals surface area contributed by atoms with E-state index in [-0.39, 0.29) is 17.2 Å². The summed E-state index contributed by atoms with van der Waals surface area (Å²) in [5.74, 6) is 5.17. The van der Waals surface area contributed by atoms with Crippen LogP contribution in [0.3, 0.4) is 0 Å². The molecule has 0 heterocycles. The van der Waals surface area contributed by atoms with E-state index in [1.807, 2.05) is 0 Å². The first-order valence-corrected chi connectivity index (χ1v) is 7.14. The average molecular weight is 279 g/mol. The van der Waals surface area contributed by atoms with Gasteiger partial charge in [0, 0.05) is 13.6 Å². The normalized spacial score (nSPS) is 15.9. The second-order valence-corrected chi connectivity index (χ2v) is 5.50. The number of hydrazine groups is 1. The van der Waals surface area contributed by atoms with Crippen molar-refractivity contribution in [3.63, 3.8) is 0 Å². The largest absolute Gasteiger partial charge is 0.341 e. The molecule has 0 saturated heterocycles. The summed E-state index contributed by atoms with van der Waals surface area (Å²) in [6, 6.07) is 4.41. The van der Waals surface area contributed by atoms with Gasteiger partial charge in [0.25, 0.3) is 5.91 Å². The fourth-order valence-corrected chi connectivity index (χ4v) is 2.89. The highest BCUT2D eigenvalue weighted by molar-refractivity contribution is 5.99. The van der Waals surface area contributed by atoms with Crippen LogP contribution < -0.4 is 11.3 Å². The van der Waals surface area contributed by atoms with Gasteiger partial charge in [0.1, 0.15) is 5.82 Å².